The van der Waals surface area contributed by atoms with Gasteiger partial charge in [0.2, 0.25) is 5.91 Å². The monoisotopic (exact) mass is 224 g/mol. The van der Waals surface area contributed by atoms with Gasteiger partial charge in [0.15, 0.2) is 0 Å². The average molecular weight is 224 g/mol. The number of carbonyl (C=O) groups excluding carboxylic acids is 1. The molecule has 3 nitrogen and oxygen atoms in total. The minimum absolute atomic E-state index is 0.113. The smallest absolute Gasteiger partial charge is 0.236 e. The Morgan fingerprint density at radius 3 is 2.82 bits per heavy atom. The molecule has 0 saturated heterocycles. The van der Waals surface area contributed by atoms with Gasteiger partial charge < -0.3 is 0 Å². The Morgan fingerprint density at radius 1 is 1.18 bits per heavy atom. The van der Waals surface area contributed by atoms with Crippen LogP contribution in [0.3, 0.4) is 0 Å². The van der Waals surface area contributed by atoms with Gasteiger partial charge in [0.05, 0.1) is 24.0 Å². The molecule has 3 heteroatoms. The van der Waals surface area contributed by atoms with E-state index in [0.717, 1.165) is 22.5 Å². The van der Waals surface area contributed by atoms with Crippen molar-refractivity contribution in [3.05, 3.63) is 53.9 Å². The third kappa shape index (κ3) is 1.51. The van der Waals surface area contributed by atoms with Crippen LogP contribution in [0.15, 0.2) is 42.7 Å². The highest BCUT2D eigenvalue weighted by atomic mass is 16.2. The lowest BCUT2D eigenvalue weighted by Crippen LogP contribution is -2.21. The third-order valence-corrected chi connectivity index (χ3v) is 3.08. The van der Waals surface area contributed by atoms with Crippen molar-refractivity contribution < 1.29 is 4.79 Å². The second-order valence-corrected chi connectivity index (χ2v) is 4.20. The van der Waals surface area contributed by atoms with Crippen molar-refractivity contribution in [2.24, 2.45) is 0 Å². The predicted octanol–water partition coefficient (Wildman–Crippen LogP) is 2.61. The van der Waals surface area contributed by atoms with Gasteiger partial charge in [-0.2, -0.15) is 0 Å². The van der Waals surface area contributed by atoms with E-state index in [0.29, 0.717) is 6.42 Å². The zero-order chi connectivity index (χ0) is 11.8. The highest BCUT2D eigenvalue weighted by Crippen LogP contribution is 2.35. The molecule has 1 amide bonds. The molecule has 0 N–H and O–H groups in total. The van der Waals surface area contributed by atoms with E-state index in [9.17, 15) is 4.79 Å². The Bertz CT molecular complexity index is 592. The van der Waals surface area contributed by atoms with E-state index in [-0.39, 0.29) is 5.91 Å². The van der Waals surface area contributed by atoms with Crippen molar-refractivity contribution in [3.8, 4) is 0 Å². The molecule has 2 aromatic rings. The van der Waals surface area contributed by atoms with Gasteiger partial charge in [0.25, 0.3) is 0 Å². The number of benzene rings is 1. The number of aryl methyl sites for hydroxylation is 1. The fourth-order valence-corrected chi connectivity index (χ4v) is 2.21. The number of hydrogen-bond acceptors (Lipinski definition) is 2. The molecular formula is C14H12N2O. The van der Waals surface area contributed by atoms with Crippen LogP contribution in [0, 0.1) is 6.92 Å². The Kier molecular flexibility index (Phi) is 2.18. The second kappa shape index (κ2) is 3.70. The molecule has 2 heterocycles. The summed E-state index contributed by atoms with van der Waals surface area (Å²) in [6.45, 7) is 1.99. The molecule has 17 heavy (non-hydrogen) atoms. The molecule has 1 aromatic heterocycles. The highest BCUT2D eigenvalue weighted by Gasteiger charge is 2.28. The lowest BCUT2D eigenvalue weighted by molar-refractivity contribution is -0.116. The van der Waals surface area contributed by atoms with Crippen molar-refractivity contribution in [3.63, 3.8) is 0 Å². The summed E-state index contributed by atoms with van der Waals surface area (Å²) in [5.41, 5.74) is 4.00. The first-order chi connectivity index (χ1) is 8.27. The van der Waals surface area contributed by atoms with Gasteiger partial charge in [-0.05, 0) is 30.2 Å². The molecule has 84 valence electrons. The minimum atomic E-state index is 0.113. The van der Waals surface area contributed by atoms with Crippen LogP contribution in [-0.4, -0.2) is 10.9 Å². The van der Waals surface area contributed by atoms with Crippen LogP contribution in [0.4, 0.5) is 11.4 Å². The number of carbonyl (C=O) groups is 1. The average Bonchev–Trinajstić information content (AvgIpc) is 2.66. The number of anilines is 2. The van der Waals surface area contributed by atoms with Gasteiger partial charge in [-0.3, -0.25) is 14.7 Å². The summed E-state index contributed by atoms with van der Waals surface area (Å²) in [4.78, 5) is 17.9. The van der Waals surface area contributed by atoms with E-state index >= 15 is 0 Å². The maximum absolute atomic E-state index is 12.1. The molecule has 3 rings (SSSR count). The second-order valence-electron chi connectivity index (χ2n) is 4.20. The zero-order valence-corrected chi connectivity index (χ0v) is 9.55. The van der Waals surface area contributed by atoms with Crippen molar-refractivity contribution in [1.82, 2.24) is 4.98 Å². The number of nitrogens with zero attached hydrogens (tertiary/aromatic N) is 2. The van der Waals surface area contributed by atoms with E-state index in [1.54, 1.807) is 17.3 Å². The highest BCUT2D eigenvalue weighted by molar-refractivity contribution is 6.07. The standard InChI is InChI=1S/C14H12N2O/c1-10-6-7-15-9-13(10)16-12-5-3-2-4-11(12)8-14(16)17/h2-7,9H,8H2,1H3. The maximum Gasteiger partial charge on any atom is 0.236 e. The molecule has 0 unspecified atom stereocenters. The van der Waals surface area contributed by atoms with Gasteiger partial charge >= 0.3 is 0 Å². The molecule has 1 aliphatic heterocycles. The Balaban J connectivity index is 2.16. The fraction of sp³-hybridized carbons (Fsp3) is 0.143. The molecule has 1 aliphatic rings. The molecule has 0 radical (unpaired) electrons. The van der Waals surface area contributed by atoms with E-state index in [4.69, 9.17) is 0 Å². The van der Waals surface area contributed by atoms with Crippen molar-refractivity contribution in [2.75, 3.05) is 4.90 Å². The van der Waals surface area contributed by atoms with Gasteiger partial charge in [0.1, 0.15) is 0 Å². The van der Waals surface area contributed by atoms with Crippen LogP contribution in [0.5, 0.6) is 0 Å². The first-order valence-corrected chi connectivity index (χ1v) is 5.59. The van der Waals surface area contributed by atoms with Gasteiger partial charge in [0, 0.05) is 6.20 Å². The van der Waals surface area contributed by atoms with Crippen LogP contribution in [-0.2, 0) is 11.2 Å². The quantitative estimate of drug-likeness (QED) is 0.746. The van der Waals surface area contributed by atoms with Crippen molar-refractivity contribution >= 4 is 17.3 Å². The SMILES string of the molecule is Cc1ccncc1N1C(=O)Cc2ccccc21. The molecule has 0 saturated carbocycles. The molecule has 1 aromatic carbocycles. The first kappa shape index (κ1) is 10.0. The Labute approximate surface area is 99.7 Å². The first-order valence-electron chi connectivity index (χ1n) is 5.59. The molecule has 0 bridgehead atoms. The summed E-state index contributed by atoms with van der Waals surface area (Å²) in [6.07, 6.45) is 3.96. The molecule has 0 fully saturated rings. The lowest BCUT2D eigenvalue weighted by atomic mass is 10.1. The number of hydrogen-bond donors (Lipinski definition) is 0. The summed E-state index contributed by atoms with van der Waals surface area (Å²) in [6, 6.07) is 9.82. The molecular weight excluding hydrogens is 212 g/mol. The topological polar surface area (TPSA) is 33.2 Å². The Hall–Kier alpha value is -2.16. The van der Waals surface area contributed by atoms with E-state index < -0.39 is 0 Å². The van der Waals surface area contributed by atoms with Crippen LogP contribution in [0.2, 0.25) is 0 Å². The van der Waals surface area contributed by atoms with E-state index in [1.807, 2.05) is 37.3 Å². The van der Waals surface area contributed by atoms with Crippen molar-refractivity contribution in [1.29, 1.82) is 0 Å². The Morgan fingerprint density at radius 2 is 2.00 bits per heavy atom. The van der Waals surface area contributed by atoms with Crippen LogP contribution < -0.4 is 4.90 Å². The van der Waals surface area contributed by atoms with E-state index in [1.165, 1.54) is 0 Å². The number of amides is 1. The van der Waals surface area contributed by atoms with Crippen LogP contribution in [0.1, 0.15) is 11.1 Å². The third-order valence-electron chi connectivity index (χ3n) is 3.08. The van der Waals surface area contributed by atoms with Crippen molar-refractivity contribution in [2.45, 2.75) is 13.3 Å². The summed E-state index contributed by atoms with van der Waals surface area (Å²) in [5, 5.41) is 0. The molecule has 0 atom stereocenters. The van der Waals surface area contributed by atoms with Gasteiger partial charge in [-0.25, -0.2) is 0 Å². The van der Waals surface area contributed by atoms with Gasteiger partial charge in [-0.15, -0.1) is 0 Å². The summed E-state index contributed by atoms with van der Waals surface area (Å²) < 4.78 is 0. The molecule has 0 spiro atoms. The van der Waals surface area contributed by atoms with Crippen LogP contribution in [0.25, 0.3) is 0 Å². The summed E-state index contributed by atoms with van der Waals surface area (Å²) in [7, 11) is 0. The maximum atomic E-state index is 12.1. The normalized spacial score (nSPS) is 13.9. The number of aromatic nitrogens is 1. The number of para-hydroxylation sites is 1. The number of fused-ring (bicyclic) bond motifs is 1. The lowest BCUT2D eigenvalue weighted by Gasteiger charge is -2.19. The zero-order valence-electron chi connectivity index (χ0n) is 9.55. The predicted molar refractivity (Wildman–Crippen MR) is 66.3 cm³/mol. The van der Waals surface area contributed by atoms with Crippen LogP contribution >= 0.6 is 0 Å². The number of rotatable bonds is 1. The van der Waals surface area contributed by atoms with Gasteiger partial charge in [-0.1, -0.05) is 18.2 Å². The minimum Gasteiger partial charge on any atom is -0.279 e. The van der Waals surface area contributed by atoms with E-state index in [2.05, 4.69) is 4.98 Å². The summed E-state index contributed by atoms with van der Waals surface area (Å²) in [5.74, 6) is 0.113. The largest absolute Gasteiger partial charge is 0.279 e. The summed E-state index contributed by atoms with van der Waals surface area (Å²) >= 11 is 0. The molecule has 0 aliphatic carbocycles. The number of pyridine rings is 1. The fourth-order valence-electron chi connectivity index (χ4n) is 2.21.